The Morgan fingerprint density at radius 1 is 1.00 bits per heavy atom. The van der Waals surface area contributed by atoms with Gasteiger partial charge in [0, 0.05) is 6.92 Å². The van der Waals surface area contributed by atoms with E-state index >= 15 is 0 Å². The number of ether oxygens (including phenoxy) is 1. The molecule has 0 spiro atoms. The van der Waals surface area contributed by atoms with Crippen molar-refractivity contribution in [2.45, 2.75) is 25.7 Å². The summed E-state index contributed by atoms with van der Waals surface area (Å²) in [6.07, 6.45) is 1.41. The molecule has 3 aromatic carbocycles. The van der Waals surface area contributed by atoms with E-state index in [1.54, 1.807) is 61.5 Å². The summed E-state index contributed by atoms with van der Waals surface area (Å²) in [4.78, 5) is 23.7. The standard InChI is InChI=1S/C25H25N3O5S/c1-18-9-14-24(19(2)15-18)28(34(31,32)23-7-5-4-6-8-23)17-25(30)27-26-16-21-10-12-22(13-11-21)33-20(3)29/h4-16H,17H2,1-3H3,(H,27,30)/b26-16-. The average Bonchev–Trinajstić information content (AvgIpc) is 2.79. The highest BCUT2D eigenvalue weighted by Crippen LogP contribution is 2.27. The molecule has 0 heterocycles. The second-order valence-corrected chi connectivity index (χ2v) is 9.43. The minimum absolute atomic E-state index is 0.0825. The molecule has 8 nitrogen and oxygen atoms in total. The molecule has 1 amide bonds. The number of nitrogens with one attached hydrogen (secondary N) is 1. The zero-order valence-corrected chi connectivity index (χ0v) is 19.9. The van der Waals surface area contributed by atoms with Gasteiger partial charge in [-0.2, -0.15) is 5.10 Å². The maximum atomic E-state index is 13.4. The van der Waals surface area contributed by atoms with Gasteiger partial charge in [0.15, 0.2) is 0 Å². The van der Waals surface area contributed by atoms with Crippen molar-refractivity contribution in [2.75, 3.05) is 10.8 Å². The number of anilines is 1. The fourth-order valence-corrected chi connectivity index (χ4v) is 4.74. The smallest absolute Gasteiger partial charge is 0.308 e. The lowest BCUT2D eigenvalue weighted by molar-refractivity contribution is -0.131. The fourth-order valence-electron chi connectivity index (χ4n) is 3.24. The maximum Gasteiger partial charge on any atom is 0.308 e. The summed E-state index contributed by atoms with van der Waals surface area (Å²) in [5.74, 6) is -0.635. The lowest BCUT2D eigenvalue weighted by Crippen LogP contribution is -2.40. The normalized spacial score (nSPS) is 11.3. The summed E-state index contributed by atoms with van der Waals surface area (Å²) in [6, 6.07) is 19.8. The summed E-state index contributed by atoms with van der Waals surface area (Å²) in [5, 5.41) is 3.92. The van der Waals surface area contributed by atoms with Gasteiger partial charge in [-0.25, -0.2) is 13.8 Å². The molecule has 0 saturated heterocycles. The molecule has 0 atom stereocenters. The zero-order chi connectivity index (χ0) is 24.7. The minimum Gasteiger partial charge on any atom is -0.427 e. The van der Waals surface area contributed by atoms with Gasteiger partial charge in [-0.3, -0.25) is 13.9 Å². The van der Waals surface area contributed by atoms with Gasteiger partial charge >= 0.3 is 5.97 Å². The van der Waals surface area contributed by atoms with Crippen LogP contribution in [-0.4, -0.2) is 33.1 Å². The highest BCUT2D eigenvalue weighted by molar-refractivity contribution is 7.92. The van der Waals surface area contributed by atoms with E-state index in [-0.39, 0.29) is 4.90 Å². The number of carbonyl (C=O) groups is 2. The van der Waals surface area contributed by atoms with Gasteiger partial charge in [-0.1, -0.05) is 35.9 Å². The van der Waals surface area contributed by atoms with E-state index in [1.165, 1.54) is 25.3 Å². The fraction of sp³-hybridized carbons (Fsp3) is 0.160. The number of aryl methyl sites for hydroxylation is 2. The third-order valence-corrected chi connectivity index (χ3v) is 6.56. The predicted molar refractivity (Wildman–Crippen MR) is 130 cm³/mol. The molecule has 9 heteroatoms. The summed E-state index contributed by atoms with van der Waals surface area (Å²) >= 11 is 0. The van der Waals surface area contributed by atoms with Gasteiger partial charge < -0.3 is 4.74 Å². The molecule has 0 unspecified atom stereocenters. The van der Waals surface area contributed by atoms with Crippen LogP contribution in [0.4, 0.5) is 5.69 Å². The first kappa shape index (κ1) is 24.7. The van der Waals surface area contributed by atoms with E-state index in [0.29, 0.717) is 17.0 Å². The van der Waals surface area contributed by atoms with Crippen LogP contribution in [-0.2, 0) is 19.6 Å². The first-order valence-corrected chi connectivity index (χ1v) is 11.9. The maximum absolute atomic E-state index is 13.4. The Labute approximate surface area is 198 Å². The molecular weight excluding hydrogens is 454 g/mol. The molecule has 34 heavy (non-hydrogen) atoms. The topological polar surface area (TPSA) is 105 Å². The van der Waals surface area contributed by atoms with Crippen LogP contribution in [0.15, 0.2) is 82.8 Å². The number of amides is 1. The van der Waals surface area contributed by atoms with Crippen molar-refractivity contribution in [1.29, 1.82) is 0 Å². The van der Waals surface area contributed by atoms with Crippen LogP contribution in [0.3, 0.4) is 0 Å². The number of esters is 1. The average molecular weight is 480 g/mol. The van der Waals surface area contributed by atoms with Crippen LogP contribution < -0.4 is 14.5 Å². The SMILES string of the molecule is CC(=O)Oc1ccc(/C=N\NC(=O)CN(c2ccc(C)cc2C)S(=O)(=O)c2ccccc2)cc1. The Hall–Kier alpha value is -3.98. The lowest BCUT2D eigenvalue weighted by Gasteiger charge is -2.25. The van der Waals surface area contributed by atoms with Crippen molar-refractivity contribution < 1.29 is 22.7 Å². The number of rotatable bonds is 8. The van der Waals surface area contributed by atoms with Gasteiger partial charge in [0.2, 0.25) is 0 Å². The Morgan fingerprint density at radius 2 is 1.68 bits per heavy atom. The Bertz CT molecular complexity index is 1300. The monoisotopic (exact) mass is 479 g/mol. The van der Waals surface area contributed by atoms with Crippen molar-refractivity contribution in [3.8, 4) is 5.75 Å². The molecular formula is C25H25N3O5S. The Kier molecular flexibility index (Phi) is 7.80. The van der Waals surface area contributed by atoms with Crippen LogP contribution in [0, 0.1) is 13.8 Å². The molecule has 176 valence electrons. The van der Waals surface area contributed by atoms with Gasteiger partial charge in [-0.05, 0) is 67.4 Å². The largest absolute Gasteiger partial charge is 0.427 e. The zero-order valence-electron chi connectivity index (χ0n) is 19.1. The number of hydrogen-bond donors (Lipinski definition) is 1. The summed E-state index contributed by atoms with van der Waals surface area (Å²) < 4.78 is 32.8. The molecule has 0 bridgehead atoms. The highest BCUT2D eigenvalue weighted by atomic mass is 32.2. The van der Waals surface area contributed by atoms with Crippen molar-refractivity contribution in [3.63, 3.8) is 0 Å². The summed E-state index contributed by atoms with van der Waals surface area (Å²) in [5.41, 5.74) is 5.14. The van der Waals surface area contributed by atoms with Crippen molar-refractivity contribution in [1.82, 2.24) is 5.43 Å². The Morgan fingerprint density at radius 3 is 2.29 bits per heavy atom. The molecule has 0 aliphatic heterocycles. The molecule has 3 rings (SSSR count). The van der Waals surface area contributed by atoms with Crippen LogP contribution in [0.1, 0.15) is 23.6 Å². The van der Waals surface area contributed by atoms with Crippen LogP contribution in [0.2, 0.25) is 0 Å². The summed E-state index contributed by atoms with van der Waals surface area (Å²) in [6.45, 7) is 4.56. The van der Waals surface area contributed by atoms with Crippen molar-refractivity contribution in [2.24, 2.45) is 5.10 Å². The van der Waals surface area contributed by atoms with Crippen LogP contribution in [0.25, 0.3) is 0 Å². The summed E-state index contributed by atoms with van der Waals surface area (Å²) in [7, 11) is -4.00. The number of sulfonamides is 1. The molecule has 3 aromatic rings. The number of hydrogen-bond acceptors (Lipinski definition) is 6. The first-order valence-electron chi connectivity index (χ1n) is 10.4. The van der Waals surface area contributed by atoms with Gasteiger partial charge in [0.25, 0.3) is 15.9 Å². The van der Waals surface area contributed by atoms with Crippen molar-refractivity contribution >= 4 is 33.8 Å². The quantitative estimate of drug-likeness (QED) is 0.230. The predicted octanol–water partition coefficient (Wildman–Crippen LogP) is 3.57. The minimum atomic E-state index is -4.00. The molecule has 0 aromatic heterocycles. The number of hydrazone groups is 1. The number of carbonyl (C=O) groups excluding carboxylic acids is 2. The molecule has 0 saturated carbocycles. The molecule has 1 N–H and O–H groups in total. The molecule has 0 radical (unpaired) electrons. The van der Waals surface area contributed by atoms with E-state index in [4.69, 9.17) is 4.74 Å². The molecule has 0 fully saturated rings. The van der Waals surface area contributed by atoms with E-state index < -0.39 is 28.4 Å². The van der Waals surface area contributed by atoms with Crippen LogP contribution in [0.5, 0.6) is 5.75 Å². The van der Waals surface area contributed by atoms with E-state index in [0.717, 1.165) is 15.4 Å². The lowest BCUT2D eigenvalue weighted by atomic mass is 10.1. The molecule has 0 aliphatic carbocycles. The third kappa shape index (κ3) is 6.29. The Balaban J connectivity index is 1.79. The second kappa shape index (κ2) is 10.8. The first-order chi connectivity index (χ1) is 16.2. The van der Waals surface area contributed by atoms with Gasteiger partial charge in [0.1, 0.15) is 12.3 Å². The van der Waals surface area contributed by atoms with E-state index in [1.807, 2.05) is 13.0 Å². The van der Waals surface area contributed by atoms with Crippen LogP contribution >= 0.6 is 0 Å². The third-order valence-electron chi connectivity index (χ3n) is 4.78. The van der Waals surface area contributed by atoms with Gasteiger partial charge in [-0.15, -0.1) is 0 Å². The van der Waals surface area contributed by atoms with Gasteiger partial charge in [0.05, 0.1) is 16.8 Å². The van der Waals surface area contributed by atoms with E-state index in [9.17, 15) is 18.0 Å². The number of benzene rings is 3. The number of nitrogens with zero attached hydrogens (tertiary/aromatic N) is 2. The van der Waals surface area contributed by atoms with Crippen molar-refractivity contribution in [3.05, 3.63) is 89.5 Å². The molecule has 0 aliphatic rings. The second-order valence-electron chi connectivity index (χ2n) is 7.57. The highest BCUT2D eigenvalue weighted by Gasteiger charge is 2.28. The van der Waals surface area contributed by atoms with E-state index in [2.05, 4.69) is 10.5 Å².